The Labute approximate surface area is 129 Å². The number of nitrogens with one attached hydrogen (secondary N) is 1. The van der Waals surface area contributed by atoms with Gasteiger partial charge in [0.15, 0.2) is 0 Å². The lowest BCUT2D eigenvalue weighted by Gasteiger charge is -2.13. The number of carboxylic acids is 3. The van der Waals surface area contributed by atoms with E-state index in [1.807, 2.05) is 11.9 Å². The lowest BCUT2D eigenvalue weighted by Crippen LogP contribution is -2.32. The topological polar surface area (TPSA) is 153 Å². The third kappa shape index (κ3) is 8.55. The third-order valence-corrected chi connectivity index (χ3v) is 3.34. The van der Waals surface area contributed by atoms with E-state index in [2.05, 4.69) is 11.1 Å². The minimum atomic E-state index is -0.968. The number of likely N-dealkylation sites (tertiary alicyclic amines) is 1. The van der Waals surface area contributed by atoms with E-state index >= 15 is 0 Å². The van der Waals surface area contributed by atoms with E-state index in [4.69, 9.17) is 15.3 Å². The summed E-state index contributed by atoms with van der Waals surface area (Å²) in [6, 6.07) is -0.486. The molecule has 22 heavy (non-hydrogen) atoms. The van der Waals surface area contributed by atoms with E-state index < -0.39 is 17.9 Å². The molecule has 2 aliphatic rings. The molecule has 2 fully saturated rings. The van der Waals surface area contributed by atoms with E-state index in [0.717, 1.165) is 38.8 Å². The van der Waals surface area contributed by atoms with Crippen LogP contribution in [0, 0.1) is 0 Å². The number of rotatable bonds is 3. The van der Waals surface area contributed by atoms with Crippen LogP contribution in [0.3, 0.4) is 0 Å². The van der Waals surface area contributed by atoms with Crippen LogP contribution in [0.4, 0.5) is 0 Å². The van der Waals surface area contributed by atoms with Crippen LogP contribution in [0.5, 0.6) is 0 Å². The molecule has 0 unspecified atom stereocenters. The molecular formula is C13H25N3O6. The number of nitrogens with two attached hydrogens (primary N) is 1. The highest BCUT2D eigenvalue weighted by molar-refractivity contribution is 5.74. The molecule has 0 aliphatic carbocycles. The lowest BCUT2D eigenvalue weighted by atomic mass is 10.2. The average molecular weight is 319 g/mol. The fourth-order valence-electron chi connectivity index (χ4n) is 2.12. The van der Waals surface area contributed by atoms with Gasteiger partial charge >= 0.3 is 17.9 Å². The van der Waals surface area contributed by atoms with Crippen molar-refractivity contribution in [3.8, 4) is 0 Å². The molecule has 0 saturated carbocycles. The second kappa shape index (κ2) is 10.9. The summed E-state index contributed by atoms with van der Waals surface area (Å²) in [7, 11) is 1.85. The van der Waals surface area contributed by atoms with Crippen LogP contribution in [0.2, 0.25) is 0 Å². The predicted octanol–water partition coefficient (Wildman–Crippen LogP) is -0.982. The van der Waals surface area contributed by atoms with Crippen LogP contribution in [-0.2, 0) is 14.4 Å². The van der Waals surface area contributed by atoms with Crippen LogP contribution in [0.15, 0.2) is 0 Å². The summed E-state index contributed by atoms with van der Waals surface area (Å²) in [5, 5.41) is 27.3. The van der Waals surface area contributed by atoms with Crippen molar-refractivity contribution in [2.45, 2.75) is 37.8 Å². The Hall–Kier alpha value is -1.71. The molecule has 0 aromatic rings. The maximum Gasteiger partial charge on any atom is 0.320 e. The SMILES string of the molecule is CN1CCC[C@H]1C(=O)O.NCC(=O)O.O=C(O)[C@@H]1CCCN1. The Morgan fingerprint density at radius 2 is 1.73 bits per heavy atom. The van der Waals surface area contributed by atoms with Gasteiger partial charge in [-0.3, -0.25) is 19.3 Å². The van der Waals surface area contributed by atoms with Crippen molar-refractivity contribution in [2.75, 3.05) is 26.7 Å². The Balaban J connectivity index is 0.000000315. The van der Waals surface area contributed by atoms with Crippen LogP contribution in [-0.4, -0.2) is 76.9 Å². The fourth-order valence-corrected chi connectivity index (χ4v) is 2.12. The van der Waals surface area contributed by atoms with Gasteiger partial charge in [0.05, 0.1) is 6.54 Å². The highest BCUT2D eigenvalue weighted by atomic mass is 16.4. The molecule has 2 aliphatic heterocycles. The van der Waals surface area contributed by atoms with Crippen molar-refractivity contribution in [1.82, 2.24) is 10.2 Å². The normalized spacial score (nSPS) is 23.7. The molecule has 0 radical (unpaired) electrons. The molecule has 2 heterocycles. The molecule has 9 heteroatoms. The highest BCUT2D eigenvalue weighted by Crippen LogP contribution is 2.13. The van der Waals surface area contributed by atoms with E-state index in [1.54, 1.807) is 0 Å². The molecule has 2 rings (SSSR count). The van der Waals surface area contributed by atoms with Crippen molar-refractivity contribution in [3.05, 3.63) is 0 Å². The average Bonchev–Trinajstić information content (AvgIpc) is 3.10. The number of aliphatic carboxylic acids is 3. The minimum Gasteiger partial charge on any atom is -0.480 e. The second-order valence-corrected chi connectivity index (χ2v) is 5.06. The summed E-state index contributed by atoms with van der Waals surface area (Å²) in [4.78, 5) is 31.6. The third-order valence-electron chi connectivity index (χ3n) is 3.34. The Bertz CT molecular complexity index is 371. The smallest absolute Gasteiger partial charge is 0.320 e. The van der Waals surface area contributed by atoms with Crippen molar-refractivity contribution in [2.24, 2.45) is 5.73 Å². The number of likely N-dealkylation sites (N-methyl/N-ethyl adjacent to an activating group) is 1. The van der Waals surface area contributed by atoms with Crippen molar-refractivity contribution in [3.63, 3.8) is 0 Å². The number of hydrogen-bond donors (Lipinski definition) is 5. The summed E-state index contributed by atoms with van der Waals surface area (Å²) in [6.07, 6.45) is 3.62. The molecule has 0 amide bonds. The van der Waals surface area contributed by atoms with E-state index in [9.17, 15) is 14.4 Å². The molecule has 6 N–H and O–H groups in total. The first-order valence-electron chi connectivity index (χ1n) is 7.10. The first-order chi connectivity index (χ1) is 10.3. The van der Waals surface area contributed by atoms with Gasteiger partial charge in [-0.05, 0) is 45.8 Å². The second-order valence-electron chi connectivity index (χ2n) is 5.06. The van der Waals surface area contributed by atoms with Gasteiger partial charge in [-0.15, -0.1) is 0 Å². The summed E-state index contributed by atoms with van der Waals surface area (Å²) >= 11 is 0. The molecule has 0 aromatic heterocycles. The van der Waals surface area contributed by atoms with Gasteiger partial charge in [0, 0.05) is 0 Å². The summed E-state index contributed by atoms with van der Waals surface area (Å²) in [5.74, 6) is -2.37. The van der Waals surface area contributed by atoms with Crippen molar-refractivity contribution >= 4 is 17.9 Å². The molecular weight excluding hydrogens is 294 g/mol. The number of carbonyl (C=O) groups is 3. The summed E-state index contributed by atoms with van der Waals surface area (Å²) in [6.45, 7) is 1.51. The molecule has 0 aromatic carbocycles. The maximum absolute atomic E-state index is 10.4. The van der Waals surface area contributed by atoms with Gasteiger partial charge < -0.3 is 26.4 Å². The molecule has 128 valence electrons. The van der Waals surface area contributed by atoms with E-state index in [0.29, 0.717) is 0 Å². The fraction of sp³-hybridized carbons (Fsp3) is 0.769. The largest absolute Gasteiger partial charge is 0.480 e. The molecule has 2 atom stereocenters. The monoisotopic (exact) mass is 319 g/mol. The number of carboxylic acid groups (broad SMARTS) is 3. The van der Waals surface area contributed by atoms with Gasteiger partial charge in [0.2, 0.25) is 0 Å². The zero-order valence-electron chi connectivity index (χ0n) is 12.7. The van der Waals surface area contributed by atoms with Gasteiger partial charge in [0.25, 0.3) is 0 Å². The minimum absolute atomic E-state index is 0.218. The van der Waals surface area contributed by atoms with Crippen molar-refractivity contribution < 1.29 is 29.7 Å². The first kappa shape index (κ1) is 20.3. The Morgan fingerprint density at radius 1 is 1.14 bits per heavy atom. The zero-order valence-corrected chi connectivity index (χ0v) is 12.7. The maximum atomic E-state index is 10.4. The standard InChI is InChI=1S/C6H11NO2.C5H9NO2.C2H5NO2/c1-7-4-2-3-5(7)6(8)9;7-5(8)4-2-1-3-6-4;3-1-2(4)5/h5H,2-4H2,1H3,(H,8,9);4,6H,1-3H2,(H,7,8);1,3H2,(H,4,5)/t5-;4-;/m00./s1. The molecule has 9 nitrogen and oxygen atoms in total. The van der Waals surface area contributed by atoms with Gasteiger partial charge in [0.1, 0.15) is 12.1 Å². The van der Waals surface area contributed by atoms with Crippen molar-refractivity contribution in [1.29, 1.82) is 0 Å². The van der Waals surface area contributed by atoms with Gasteiger partial charge in [-0.1, -0.05) is 0 Å². The van der Waals surface area contributed by atoms with Crippen LogP contribution < -0.4 is 11.1 Å². The predicted molar refractivity (Wildman–Crippen MR) is 78.6 cm³/mol. The Morgan fingerprint density at radius 3 is 1.91 bits per heavy atom. The van der Waals surface area contributed by atoms with Crippen LogP contribution in [0.1, 0.15) is 25.7 Å². The van der Waals surface area contributed by atoms with Crippen LogP contribution in [0.25, 0.3) is 0 Å². The van der Waals surface area contributed by atoms with E-state index in [-0.39, 0.29) is 18.6 Å². The number of hydrogen-bond acceptors (Lipinski definition) is 6. The molecule has 0 spiro atoms. The summed E-state index contributed by atoms with van der Waals surface area (Å²) < 4.78 is 0. The lowest BCUT2D eigenvalue weighted by molar-refractivity contribution is -0.142. The van der Waals surface area contributed by atoms with Gasteiger partial charge in [-0.25, -0.2) is 0 Å². The quantitative estimate of drug-likeness (QED) is 0.441. The van der Waals surface area contributed by atoms with Gasteiger partial charge in [-0.2, -0.15) is 0 Å². The Kier molecular flexibility index (Phi) is 10.1. The summed E-state index contributed by atoms with van der Waals surface area (Å²) in [5.41, 5.74) is 4.57. The first-order valence-corrected chi connectivity index (χ1v) is 7.10. The van der Waals surface area contributed by atoms with Crippen LogP contribution >= 0.6 is 0 Å². The molecule has 2 saturated heterocycles. The van der Waals surface area contributed by atoms with E-state index in [1.165, 1.54) is 0 Å². The zero-order chi connectivity index (χ0) is 17.1. The highest BCUT2D eigenvalue weighted by Gasteiger charge is 2.26. The molecule has 0 bridgehead atoms. The number of nitrogens with zero attached hydrogens (tertiary/aromatic N) is 1.